The van der Waals surface area contributed by atoms with Gasteiger partial charge >= 0.3 is 0 Å². The lowest BCUT2D eigenvalue weighted by atomic mass is 10.1. The number of nitrogens with one attached hydrogen (secondary N) is 1. The molecule has 6 heteroatoms. The number of halogens is 1. The highest BCUT2D eigenvalue weighted by Gasteiger charge is 2.15. The van der Waals surface area contributed by atoms with Gasteiger partial charge in [-0.1, -0.05) is 18.2 Å². The predicted molar refractivity (Wildman–Crippen MR) is 64.9 cm³/mol. The Balaban J connectivity index is 2.36. The summed E-state index contributed by atoms with van der Waals surface area (Å²) in [5, 5.41) is 2.53. The predicted octanol–water partition coefficient (Wildman–Crippen LogP) is -0.313. The van der Waals surface area contributed by atoms with Gasteiger partial charge in [-0.2, -0.15) is 0 Å². The van der Waals surface area contributed by atoms with E-state index in [1.54, 1.807) is 18.2 Å². The molecule has 0 bridgehead atoms. The van der Waals surface area contributed by atoms with Crippen molar-refractivity contribution in [3.05, 3.63) is 35.6 Å². The first-order valence-electron chi connectivity index (χ1n) is 5.55. The van der Waals surface area contributed by atoms with E-state index in [-0.39, 0.29) is 18.8 Å². The highest BCUT2D eigenvalue weighted by molar-refractivity contribution is 5.87. The van der Waals surface area contributed by atoms with E-state index >= 15 is 0 Å². The fourth-order valence-corrected chi connectivity index (χ4v) is 1.46. The molecule has 0 spiro atoms. The normalized spacial score (nSPS) is 11.9. The number of nitrogens with two attached hydrogens (primary N) is 2. The van der Waals surface area contributed by atoms with Crippen molar-refractivity contribution in [3.63, 3.8) is 0 Å². The molecule has 0 aliphatic carbocycles. The molecule has 18 heavy (non-hydrogen) atoms. The van der Waals surface area contributed by atoms with Crippen molar-refractivity contribution in [2.75, 3.05) is 6.54 Å². The molecule has 0 aliphatic rings. The summed E-state index contributed by atoms with van der Waals surface area (Å²) in [6.07, 6.45) is 0.160. The van der Waals surface area contributed by atoms with Gasteiger partial charge in [0.15, 0.2) is 0 Å². The average molecular weight is 253 g/mol. The van der Waals surface area contributed by atoms with Gasteiger partial charge in [-0.15, -0.1) is 0 Å². The summed E-state index contributed by atoms with van der Waals surface area (Å²) in [6, 6.07) is 5.36. The van der Waals surface area contributed by atoms with Crippen LogP contribution in [0, 0.1) is 5.82 Å². The summed E-state index contributed by atoms with van der Waals surface area (Å²) in [5.74, 6) is -1.41. The van der Waals surface area contributed by atoms with Crippen LogP contribution in [0.2, 0.25) is 0 Å². The van der Waals surface area contributed by atoms with E-state index in [1.165, 1.54) is 6.07 Å². The van der Waals surface area contributed by atoms with Crippen molar-refractivity contribution >= 4 is 11.8 Å². The Labute approximate surface area is 104 Å². The fourth-order valence-electron chi connectivity index (χ4n) is 1.46. The van der Waals surface area contributed by atoms with Crippen molar-refractivity contribution < 1.29 is 14.0 Å². The van der Waals surface area contributed by atoms with Gasteiger partial charge < -0.3 is 16.8 Å². The molecule has 0 aliphatic heterocycles. The lowest BCUT2D eigenvalue weighted by Gasteiger charge is -2.10. The molecule has 5 N–H and O–H groups in total. The van der Waals surface area contributed by atoms with Gasteiger partial charge in [0.2, 0.25) is 11.8 Å². The summed E-state index contributed by atoms with van der Waals surface area (Å²) in [6.45, 7) is 0.256. The zero-order valence-corrected chi connectivity index (χ0v) is 9.86. The van der Waals surface area contributed by atoms with Crippen LogP contribution in [0.3, 0.4) is 0 Å². The molecule has 0 saturated heterocycles. The molecule has 1 unspecified atom stereocenters. The SMILES string of the molecule is NC(=O)CC(N)C(=O)NCCc1ccccc1F. The molecule has 5 nitrogen and oxygen atoms in total. The molecule has 0 radical (unpaired) electrons. The molecule has 0 saturated carbocycles. The summed E-state index contributed by atoms with van der Waals surface area (Å²) in [5.41, 5.74) is 10.9. The number of benzene rings is 1. The van der Waals surface area contributed by atoms with E-state index in [2.05, 4.69) is 5.32 Å². The van der Waals surface area contributed by atoms with Gasteiger partial charge in [0, 0.05) is 6.54 Å². The molecule has 1 aromatic rings. The van der Waals surface area contributed by atoms with Crippen LogP contribution in [0.1, 0.15) is 12.0 Å². The summed E-state index contributed by atoms with van der Waals surface area (Å²) >= 11 is 0. The van der Waals surface area contributed by atoms with Crippen LogP contribution in [0.15, 0.2) is 24.3 Å². The lowest BCUT2D eigenvalue weighted by molar-refractivity contribution is -0.126. The third-order valence-electron chi connectivity index (χ3n) is 2.41. The molecular weight excluding hydrogens is 237 g/mol. The Hall–Kier alpha value is -1.95. The molecule has 1 aromatic carbocycles. The standard InChI is InChI=1S/C12H16FN3O2/c13-9-4-2-1-3-8(9)5-6-16-12(18)10(14)7-11(15)17/h1-4,10H,5-7,14H2,(H2,15,17)(H,16,18). The molecule has 0 fully saturated rings. The maximum atomic E-state index is 13.2. The number of amides is 2. The smallest absolute Gasteiger partial charge is 0.237 e. The maximum absolute atomic E-state index is 13.2. The van der Waals surface area contributed by atoms with Crippen LogP contribution in [-0.4, -0.2) is 24.4 Å². The van der Waals surface area contributed by atoms with Crippen molar-refractivity contribution in [1.82, 2.24) is 5.32 Å². The minimum absolute atomic E-state index is 0.203. The number of carbonyl (C=O) groups is 2. The lowest BCUT2D eigenvalue weighted by Crippen LogP contribution is -2.43. The highest BCUT2D eigenvalue weighted by Crippen LogP contribution is 2.06. The van der Waals surface area contributed by atoms with Crippen LogP contribution >= 0.6 is 0 Å². The Morgan fingerprint density at radius 2 is 2.00 bits per heavy atom. The van der Waals surface area contributed by atoms with Gasteiger partial charge in [-0.05, 0) is 18.1 Å². The second kappa shape index (κ2) is 6.70. The van der Waals surface area contributed by atoms with E-state index in [0.29, 0.717) is 12.0 Å². The Kier molecular flexibility index (Phi) is 5.26. The van der Waals surface area contributed by atoms with Crippen LogP contribution in [0.5, 0.6) is 0 Å². The second-order valence-electron chi connectivity index (χ2n) is 3.91. The monoisotopic (exact) mass is 253 g/mol. The maximum Gasteiger partial charge on any atom is 0.237 e. The van der Waals surface area contributed by atoms with E-state index in [1.807, 2.05) is 0 Å². The van der Waals surface area contributed by atoms with Crippen molar-refractivity contribution in [2.45, 2.75) is 18.9 Å². The van der Waals surface area contributed by atoms with Crippen molar-refractivity contribution in [3.8, 4) is 0 Å². The number of carbonyl (C=O) groups excluding carboxylic acids is 2. The van der Waals surface area contributed by atoms with E-state index < -0.39 is 17.9 Å². The number of hydrogen-bond donors (Lipinski definition) is 3. The minimum atomic E-state index is -0.955. The van der Waals surface area contributed by atoms with E-state index in [9.17, 15) is 14.0 Å². The number of rotatable bonds is 6. The van der Waals surface area contributed by atoms with Crippen LogP contribution in [0.4, 0.5) is 4.39 Å². The first-order chi connectivity index (χ1) is 8.50. The zero-order chi connectivity index (χ0) is 13.5. The summed E-state index contributed by atoms with van der Waals surface area (Å²) in [4.78, 5) is 22.0. The fraction of sp³-hybridized carbons (Fsp3) is 0.333. The van der Waals surface area contributed by atoms with Crippen molar-refractivity contribution in [2.24, 2.45) is 11.5 Å². The zero-order valence-electron chi connectivity index (χ0n) is 9.86. The molecule has 98 valence electrons. The van der Waals surface area contributed by atoms with Gasteiger partial charge in [-0.25, -0.2) is 4.39 Å². The van der Waals surface area contributed by atoms with Gasteiger partial charge in [0.25, 0.3) is 0 Å². The minimum Gasteiger partial charge on any atom is -0.370 e. The van der Waals surface area contributed by atoms with Crippen LogP contribution in [-0.2, 0) is 16.0 Å². The van der Waals surface area contributed by atoms with Gasteiger partial charge in [-0.3, -0.25) is 9.59 Å². The quantitative estimate of drug-likeness (QED) is 0.648. The topological polar surface area (TPSA) is 98.2 Å². The molecule has 2 amide bonds. The third-order valence-corrected chi connectivity index (χ3v) is 2.41. The first-order valence-corrected chi connectivity index (χ1v) is 5.55. The first kappa shape index (κ1) is 14.1. The van der Waals surface area contributed by atoms with Gasteiger partial charge in [0.1, 0.15) is 5.82 Å². The van der Waals surface area contributed by atoms with Crippen LogP contribution < -0.4 is 16.8 Å². The largest absolute Gasteiger partial charge is 0.370 e. The Bertz CT molecular complexity index is 437. The molecular formula is C12H16FN3O2. The van der Waals surface area contributed by atoms with E-state index in [0.717, 1.165) is 0 Å². The third kappa shape index (κ3) is 4.50. The molecule has 1 atom stereocenters. The summed E-state index contributed by atoms with van der Waals surface area (Å²) < 4.78 is 13.2. The number of primary amides is 1. The highest BCUT2D eigenvalue weighted by atomic mass is 19.1. The van der Waals surface area contributed by atoms with E-state index in [4.69, 9.17) is 11.5 Å². The summed E-state index contributed by atoms with van der Waals surface area (Å²) in [7, 11) is 0. The molecule has 0 aromatic heterocycles. The molecule has 0 heterocycles. The second-order valence-corrected chi connectivity index (χ2v) is 3.91. The Morgan fingerprint density at radius 3 is 2.61 bits per heavy atom. The average Bonchev–Trinajstić information content (AvgIpc) is 2.30. The van der Waals surface area contributed by atoms with Crippen LogP contribution in [0.25, 0.3) is 0 Å². The van der Waals surface area contributed by atoms with Crippen molar-refractivity contribution in [1.29, 1.82) is 0 Å². The Morgan fingerprint density at radius 1 is 1.33 bits per heavy atom. The van der Waals surface area contributed by atoms with Gasteiger partial charge in [0.05, 0.1) is 12.5 Å². The molecule has 1 rings (SSSR count). The number of hydrogen-bond acceptors (Lipinski definition) is 3.